The summed E-state index contributed by atoms with van der Waals surface area (Å²) >= 11 is 8.26. The van der Waals surface area contributed by atoms with E-state index in [-0.39, 0.29) is 26.3 Å². The second-order valence-electron chi connectivity index (χ2n) is 17.6. The average Bonchev–Trinajstić information content (AvgIpc) is 3.30. The number of aromatic nitrogens is 2. The molecule has 2 aliphatic heterocycles. The summed E-state index contributed by atoms with van der Waals surface area (Å²) in [6.07, 6.45) is 20.7. The minimum atomic E-state index is 0.00694. The number of thioether (sulfide) groups is 1. The van der Waals surface area contributed by atoms with Gasteiger partial charge in [0.2, 0.25) is 0 Å². The second kappa shape index (κ2) is 32.6. The molecule has 19 heteroatoms. The monoisotopic (exact) mass is 1070 g/mol. The van der Waals surface area contributed by atoms with Crippen LogP contribution in [0.25, 0.3) is 0 Å². The first-order valence-corrected chi connectivity index (χ1v) is 31.4. The third-order valence-corrected chi connectivity index (χ3v) is 14.5. The SMILES string of the molecule is Clc1cc2nc(c1)CN[C@@H]1CCCC[C@H]1NCCN[C@@H]1CCCC[C@H]1NC2.NCCSc1cc2nc(c1)CN[C@@H]1CCCC[C@H]1NCCN[C@@H]1CCCC[C@H]1NC2.[Cl][Mn][Cl].[Cl][Mn][Cl]. The molecule has 0 saturated heterocycles. The fraction of sp³-hybridized carbons (Fsp3) is 0.773. The van der Waals surface area contributed by atoms with Crippen LogP contribution < -0.4 is 48.3 Å². The predicted octanol–water partition coefficient (Wildman–Crippen LogP) is 7.61. The Morgan fingerprint density at radius 2 is 0.714 bits per heavy atom. The van der Waals surface area contributed by atoms with Crippen LogP contribution in [0.15, 0.2) is 29.2 Å². The summed E-state index contributed by atoms with van der Waals surface area (Å²) in [4.78, 5) is 11.2. The predicted molar refractivity (Wildman–Crippen MR) is 260 cm³/mol. The van der Waals surface area contributed by atoms with E-state index in [1.54, 1.807) is 0 Å². The first-order valence-electron chi connectivity index (χ1n) is 23.5. The van der Waals surface area contributed by atoms with Crippen molar-refractivity contribution >= 4 is 63.8 Å². The molecule has 2 aromatic heterocycles. The maximum absolute atomic E-state index is 6.39. The Labute approximate surface area is 417 Å². The van der Waals surface area contributed by atoms with Gasteiger partial charge in [0.1, 0.15) is 0 Å². The summed E-state index contributed by atoms with van der Waals surface area (Å²) in [5.74, 6) is 0.951. The van der Waals surface area contributed by atoms with Crippen molar-refractivity contribution in [1.82, 2.24) is 52.5 Å². The van der Waals surface area contributed by atoms with Crippen LogP contribution in [0.2, 0.25) is 5.02 Å². The Morgan fingerprint density at radius 1 is 0.460 bits per heavy atom. The van der Waals surface area contributed by atoms with Crippen molar-refractivity contribution in [3.8, 4) is 0 Å². The van der Waals surface area contributed by atoms with Gasteiger partial charge in [0.15, 0.2) is 0 Å². The Hall–Kier alpha value is 0.779. The number of rotatable bonds is 3. The number of hydrogen-bond donors (Lipinski definition) is 9. The summed E-state index contributed by atoms with van der Waals surface area (Å²) in [5.41, 5.74) is 10.2. The molecule has 0 amide bonds. The molecule has 4 fully saturated rings. The first-order chi connectivity index (χ1) is 30.9. The summed E-state index contributed by atoms with van der Waals surface area (Å²) in [6, 6.07) is 12.9. The molecule has 0 spiro atoms. The topological polar surface area (TPSA) is 148 Å². The van der Waals surface area contributed by atoms with E-state index < -0.39 is 0 Å². The average molecular weight is 1080 g/mol. The van der Waals surface area contributed by atoms with E-state index in [2.05, 4.69) is 54.7 Å². The summed E-state index contributed by atoms with van der Waals surface area (Å²) in [6.45, 7) is 8.18. The van der Waals surface area contributed by atoms with Crippen molar-refractivity contribution in [3.05, 3.63) is 52.1 Å². The summed E-state index contributed by atoms with van der Waals surface area (Å²) < 4.78 is 0. The van der Waals surface area contributed by atoms with Crippen LogP contribution in [0.4, 0.5) is 0 Å². The number of nitrogens with zero attached hydrogens (tertiary/aromatic N) is 2. The number of nitrogens with one attached hydrogen (secondary N) is 8. The maximum atomic E-state index is 6.39. The van der Waals surface area contributed by atoms with Gasteiger partial charge in [-0.1, -0.05) is 63.0 Å². The Kier molecular flexibility index (Phi) is 28.3. The number of nitrogens with two attached hydrogens (primary N) is 1. The third kappa shape index (κ3) is 20.3. The van der Waals surface area contributed by atoms with Crippen molar-refractivity contribution in [2.24, 2.45) is 5.73 Å². The van der Waals surface area contributed by atoms with Crippen LogP contribution >= 0.6 is 63.8 Å². The van der Waals surface area contributed by atoms with E-state index >= 15 is 0 Å². The number of hydrogen-bond acceptors (Lipinski definition) is 12. The van der Waals surface area contributed by atoms with Crippen molar-refractivity contribution in [3.63, 3.8) is 0 Å². The fourth-order valence-electron chi connectivity index (χ4n) is 10.3. The zero-order valence-corrected chi connectivity index (χ0v) is 43.8. The molecule has 0 radical (unpaired) electrons. The van der Waals surface area contributed by atoms with Gasteiger partial charge in [-0.25, -0.2) is 0 Å². The molecule has 360 valence electrons. The van der Waals surface area contributed by atoms with Gasteiger partial charge in [-0.3, -0.25) is 9.97 Å². The molecule has 8 atom stereocenters. The number of halogens is 5. The van der Waals surface area contributed by atoms with Gasteiger partial charge in [0.05, 0.1) is 22.8 Å². The van der Waals surface area contributed by atoms with Crippen LogP contribution in [-0.4, -0.2) is 96.8 Å². The Morgan fingerprint density at radius 3 is 0.984 bits per heavy atom. The summed E-state index contributed by atoms with van der Waals surface area (Å²) in [5, 5.41) is 31.3. The number of pyridine rings is 2. The Balaban J connectivity index is 0.000000212. The van der Waals surface area contributed by atoms with Crippen LogP contribution in [0.1, 0.15) is 126 Å². The quantitative estimate of drug-likeness (QED) is 0.110. The van der Waals surface area contributed by atoms with Gasteiger partial charge in [-0.2, -0.15) is 0 Å². The van der Waals surface area contributed by atoms with Gasteiger partial charge in [0, 0.05) is 123 Å². The second-order valence-corrected chi connectivity index (χ2v) is 23.1. The van der Waals surface area contributed by atoms with Crippen LogP contribution in [0, 0.1) is 0 Å². The van der Waals surface area contributed by atoms with Crippen molar-refractivity contribution in [2.45, 2.75) is 182 Å². The molecular weight excluding hydrogens is 1000 g/mol. The zero-order valence-electron chi connectivity index (χ0n) is 36.8. The van der Waals surface area contributed by atoms with E-state index in [1.165, 1.54) is 108 Å². The molecule has 11 nitrogen and oxygen atoms in total. The van der Waals surface area contributed by atoms with Gasteiger partial charge in [-0.05, 0) is 75.6 Å². The van der Waals surface area contributed by atoms with E-state index in [0.29, 0.717) is 54.9 Å². The van der Waals surface area contributed by atoms with Crippen LogP contribution in [0.5, 0.6) is 0 Å². The molecule has 4 aliphatic carbocycles. The molecule has 63 heavy (non-hydrogen) atoms. The van der Waals surface area contributed by atoms with Crippen molar-refractivity contribution < 1.29 is 26.3 Å². The molecule has 4 heterocycles. The Bertz CT molecular complexity index is 1450. The van der Waals surface area contributed by atoms with Gasteiger partial charge in [0.25, 0.3) is 0 Å². The molecule has 8 rings (SSSR count). The van der Waals surface area contributed by atoms with Crippen molar-refractivity contribution in [1.29, 1.82) is 0 Å². The third-order valence-electron chi connectivity index (χ3n) is 13.3. The molecule has 0 aromatic carbocycles. The molecule has 10 N–H and O–H groups in total. The van der Waals surface area contributed by atoms with Gasteiger partial charge in [-0.15, -0.1) is 11.8 Å². The first kappa shape index (κ1) is 54.7. The van der Waals surface area contributed by atoms with E-state index in [1.807, 2.05) is 23.9 Å². The van der Waals surface area contributed by atoms with E-state index in [0.717, 1.165) is 85.9 Å². The van der Waals surface area contributed by atoms with Crippen molar-refractivity contribution in [2.75, 3.05) is 38.5 Å². The number of fused-ring (bicyclic) bond motifs is 8. The standard InChI is InChI=1S/C23H40N6S.C21H34ClN5.4ClH.2Mn/c24-9-12-30-19-13-17-15-27-22-7-3-1-5-20(22)25-10-11-26-21-6-2-4-8-23(21)28-16-18(14-19)29-17;22-15-11-16-13-25-20-7-3-1-5-18(20)23-9-10-24-19-6-2-4-8-21(19)26-14-17(12-15)27-16;;;;;;/h13-14,20-23,25-28H,1-12,15-16,24H2;11-12,18-21,23-26H,1-10,13-14H2;4*1H;;/q;;;;;;2*+2/p-4/t20-,21-,22-,23-;18-,19-,20-,21-;;;;;;/m11....../s1. The van der Waals surface area contributed by atoms with Crippen LogP contribution in [-0.2, 0) is 52.4 Å². The van der Waals surface area contributed by atoms with Crippen LogP contribution in [0.3, 0.4) is 0 Å². The molecular formula is C44H74Cl5Mn2N11S. The molecule has 2 aromatic rings. The molecule has 0 unspecified atom stereocenters. The molecule has 4 saturated carbocycles. The van der Waals surface area contributed by atoms with Gasteiger partial charge >= 0.3 is 66.7 Å². The van der Waals surface area contributed by atoms with E-state index in [9.17, 15) is 0 Å². The van der Waals surface area contributed by atoms with E-state index in [4.69, 9.17) is 67.7 Å². The fourth-order valence-corrected chi connectivity index (χ4v) is 11.3. The summed E-state index contributed by atoms with van der Waals surface area (Å²) in [7, 11) is 19.2. The normalized spacial score (nSPS) is 29.6. The zero-order chi connectivity index (χ0) is 44.5. The van der Waals surface area contributed by atoms with Gasteiger partial charge < -0.3 is 48.3 Å². The molecule has 4 bridgehead atoms. The minimum absolute atomic E-state index is 0.00694. The molecule has 6 aliphatic rings.